The maximum absolute atomic E-state index is 4.12. The molecule has 2 rings (SSSR count). The first-order valence-corrected chi connectivity index (χ1v) is 6.93. The Kier molecular flexibility index (Phi) is 7.61. The summed E-state index contributed by atoms with van der Waals surface area (Å²) in [7, 11) is 0. The molecule has 0 saturated carbocycles. The van der Waals surface area contributed by atoms with Crippen LogP contribution in [0, 0.1) is 6.92 Å². The second-order valence-corrected chi connectivity index (χ2v) is 4.18. The van der Waals surface area contributed by atoms with E-state index in [1.165, 1.54) is 20.1 Å². The smallest absolute Gasteiger partial charge is 0.0540 e. The van der Waals surface area contributed by atoms with E-state index in [2.05, 4.69) is 33.2 Å². The lowest BCUT2D eigenvalue weighted by atomic mass is 10.2. The summed E-state index contributed by atoms with van der Waals surface area (Å²) in [4.78, 5) is 4.12. The quantitative estimate of drug-likeness (QED) is 0.630. The first-order chi connectivity index (χ1) is 7.29. The average Bonchev–Trinajstić information content (AvgIpc) is 2.68. The Morgan fingerprint density at radius 2 is 1.73 bits per heavy atom. The van der Waals surface area contributed by atoms with Gasteiger partial charge in [-0.25, -0.2) is 0 Å². The predicted octanol–water partition coefficient (Wildman–Crippen LogP) is 5.42. The van der Waals surface area contributed by atoms with E-state index in [9.17, 15) is 0 Å². The number of hydrogen-bond acceptors (Lipinski definition) is 2. The number of aromatic nitrogens is 1. The average molecular weight is 288 g/mol. The van der Waals surface area contributed by atoms with E-state index in [0.29, 0.717) is 0 Å². The highest BCUT2D eigenvalue weighted by Crippen LogP contribution is 2.31. The Morgan fingerprint density at radius 1 is 1.13 bits per heavy atom. The Labute approximate surface area is 105 Å². The normalized spacial score (nSPS) is 8.67. The molecule has 84 valence electrons. The third kappa shape index (κ3) is 3.58. The number of hydrogen-bond donors (Lipinski definition) is 0. The van der Waals surface area contributed by atoms with Gasteiger partial charge in [-0.1, -0.05) is 27.7 Å². The molecule has 2 heterocycles. The maximum atomic E-state index is 4.12. The van der Waals surface area contributed by atoms with E-state index in [1.54, 1.807) is 11.3 Å². The molecule has 0 aliphatic rings. The number of halogens is 1. The first-order valence-electron chi connectivity index (χ1n) is 5.26. The lowest BCUT2D eigenvalue weighted by molar-refractivity contribution is 1.32. The van der Waals surface area contributed by atoms with Gasteiger partial charge >= 0.3 is 0 Å². The Bertz CT molecular complexity index is 395. The van der Waals surface area contributed by atoms with Gasteiger partial charge in [0.15, 0.2) is 0 Å². The van der Waals surface area contributed by atoms with Gasteiger partial charge in [0.25, 0.3) is 0 Å². The molecule has 15 heavy (non-hydrogen) atoms. The molecule has 1 nitrogen and oxygen atoms in total. The fraction of sp³-hybridized carbons (Fsp3) is 0.417. The van der Waals surface area contributed by atoms with Gasteiger partial charge in [-0.15, -0.1) is 11.3 Å². The van der Waals surface area contributed by atoms with Gasteiger partial charge in [0, 0.05) is 27.6 Å². The van der Waals surface area contributed by atoms with Crippen LogP contribution in [0.3, 0.4) is 0 Å². The van der Waals surface area contributed by atoms with Gasteiger partial charge in [0.05, 0.1) is 4.70 Å². The fourth-order valence-corrected chi connectivity index (χ4v) is 2.91. The van der Waals surface area contributed by atoms with Gasteiger partial charge in [0.2, 0.25) is 0 Å². The minimum Gasteiger partial charge on any atom is -0.263 e. The summed E-state index contributed by atoms with van der Waals surface area (Å²) in [5.74, 6) is 0. The van der Waals surface area contributed by atoms with Gasteiger partial charge in [-0.2, -0.15) is 0 Å². The van der Waals surface area contributed by atoms with Crippen LogP contribution >= 0.6 is 27.3 Å². The van der Waals surface area contributed by atoms with Gasteiger partial charge in [0.1, 0.15) is 0 Å². The minimum absolute atomic E-state index is 1.18. The van der Waals surface area contributed by atoms with Crippen LogP contribution in [0.4, 0.5) is 0 Å². The zero-order chi connectivity index (χ0) is 11.8. The first kappa shape index (κ1) is 14.6. The highest BCUT2D eigenvalue weighted by atomic mass is 79.9. The highest BCUT2D eigenvalue weighted by Gasteiger charge is 2.02. The minimum atomic E-state index is 1.18. The summed E-state index contributed by atoms with van der Waals surface area (Å²) in [6.07, 6.45) is 3.79. The Hall–Kier alpha value is -0.410. The van der Waals surface area contributed by atoms with Crippen molar-refractivity contribution in [3.8, 4) is 0 Å². The van der Waals surface area contributed by atoms with Crippen molar-refractivity contribution < 1.29 is 0 Å². The molecule has 0 fully saturated rings. The van der Waals surface area contributed by atoms with Crippen LogP contribution in [-0.2, 0) is 0 Å². The maximum Gasteiger partial charge on any atom is 0.0540 e. The number of fused-ring (bicyclic) bond motifs is 1. The molecule has 0 aliphatic carbocycles. The number of thiophene rings is 1. The van der Waals surface area contributed by atoms with Crippen molar-refractivity contribution in [1.29, 1.82) is 0 Å². The second kappa shape index (κ2) is 7.83. The zero-order valence-electron chi connectivity index (χ0n) is 9.97. The van der Waals surface area contributed by atoms with Crippen molar-refractivity contribution in [1.82, 2.24) is 4.98 Å². The molecular formula is C12H18BrNS. The molecule has 0 saturated heterocycles. The number of nitrogens with zero attached hydrogens (tertiary/aromatic N) is 1. The molecule has 0 N–H and O–H groups in total. The van der Waals surface area contributed by atoms with Crippen molar-refractivity contribution in [2.45, 2.75) is 34.6 Å². The monoisotopic (exact) mass is 287 g/mol. The largest absolute Gasteiger partial charge is 0.263 e. The molecular weight excluding hydrogens is 270 g/mol. The van der Waals surface area contributed by atoms with E-state index >= 15 is 0 Å². The van der Waals surface area contributed by atoms with Crippen LogP contribution in [0.5, 0.6) is 0 Å². The topological polar surface area (TPSA) is 12.9 Å². The lowest BCUT2D eigenvalue weighted by Crippen LogP contribution is -1.75. The predicted molar refractivity (Wildman–Crippen MR) is 74.8 cm³/mol. The SMILES string of the molecule is CC.CC.Cc1cncc2scc(Br)c12. The molecule has 2 aromatic heterocycles. The molecule has 0 aromatic carbocycles. The molecule has 0 radical (unpaired) electrons. The van der Waals surface area contributed by atoms with E-state index in [0.717, 1.165) is 0 Å². The molecule has 0 aliphatic heterocycles. The zero-order valence-corrected chi connectivity index (χ0v) is 12.4. The van der Waals surface area contributed by atoms with Gasteiger partial charge < -0.3 is 0 Å². The molecule has 0 amide bonds. The van der Waals surface area contributed by atoms with Gasteiger partial charge in [-0.05, 0) is 28.4 Å². The van der Waals surface area contributed by atoms with Crippen LogP contribution in [0.2, 0.25) is 0 Å². The van der Waals surface area contributed by atoms with E-state index in [-0.39, 0.29) is 0 Å². The van der Waals surface area contributed by atoms with Crippen LogP contribution < -0.4 is 0 Å². The van der Waals surface area contributed by atoms with Crippen LogP contribution in [0.15, 0.2) is 22.2 Å². The third-order valence-electron chi connectivity index (χ3n) is 1.63. The van der Waals surface area contributed by atoms with E-state index in [4.69, 9.17) is 0 Å². The van der Waals surface area contributed by atoms with Crippen molar-refractivity contribution >= 4 is 37.4 Å². The molecule has 0 spiro atoms. The van der Waals surface area contributed by atoms with Crippen LogP contribution in [0.1, 0.15) is 33.3 Å². The van der Waals surface area contributed by atoms with Crippen molar-refractivity contribution in [2.75, 3.05) is 0 Å². The van der Waals surface area contributed by atoms with E-state index < -0.39 is 0 Å². The Balaban J connectivity index is 0.000000442. The molecule has 0 bridgehead atoms. The van der Waals surface area contributed by atoms with E-state index in [1.807, 2.05) is 40.1 Å². The number of aryl methyl sites for hydroxylation is 1. The molecule has 0 atom stereocenters. The summed E-state index contributed by atoms with van der Waals surface area (Å²) in [6, 6.07) is 0. The molecule has 2 aromatic rings. The van der Waals surface area contributed by atoms with Gasteiger partial charge in [-0.3, -0.25) is 4.98 Å². The summed E-state index contributed by atoms with van der Waals surface area (Å²) in [6.45, 7) is 10.1. The third-order valence-corrected chi connectivity index (χ3v) is 3.47. The summed E-state index contributed by atoms with van der Waals surface area (Å²) < 4.78 is 2.43. The number of pyridine rings is 1. The van der Waals surface area contributed by atoms with Crippen LogP contribution in [0.25, 0.3) is 10.1 Å². The lowest BCUT2D eigenvalue weighted by Gasteiger charge is -1.93. The summed E-state index contributed by atoms with van der Waals surface area (Å²) in [5.41, 5.74) is 1.23. The Morgan fingerprint density at radius 3 is 2.27 bits per heavy atom. The molecule has 3 heteroatoms. The second-order valence-electron chi connectivity index (χ2n) is 2.41. The van der Waals surface area contributed by atoms with Crippen molar-refractivity contribution in [3.63, 3.8) is 0 Å². The summed E-state index contributed by atoms with van der Waals surface area (Å²) in [5, 5.41) is 3.39. The molecule has 0 unspecified atom stereocenters. The highest BCUT2D eigenvalue weighted by molar-refractivity contribution is 9.10. The van der Waals surface area contributed by atoms with Crippen molar-refractivity contribution in [2.24, 2.45) is 0 Å². The number of rotatable bonds is 0. The summed E-state index contributed by atoms with van der Waals surface area (Å²) >= 11 is 5.22. The standard InChI is InChI=1S/C8H6BrNS.2C2H6/c1-5-2-10-3-7-8(5)6(9)4-11-7;2*1-2/h2-4H,1H3;2*1-2H3. The van der Waals surface area contributed by atoms with Crippen molar-refractivity contribution in [3.05, 3.63) is 27.8 Å². The van der Waals surface area contributed by atoms with Crippen LogP contribution in [-0.4, -0.2) is 4.98 Å². The fourth-order valence-electron chi connectivity index (χ4n) is 1.11.